The lowest BCUT2D eigenvalue weighted by Crippen LogP contribution is -2.32. The second-order valence-corrected chi connectivity index (χ2v) is 7.65. The van der Waals surface area contributed by atoms with Gasteiger partial charge in [-0.2, -0.15) is 0 Å². The van der Waals surface area contributed by atoms with Crippen LogP contribution in [0.25, 0.3) is 0 Å². The number of ether oxygens (including phenoxy) is 1. The minimum absolute atomic E-state index is 0.0662. The largest absolute Gasteiger partial charge is 0.491 e. The van der Waals surface area contributed by atoms with Gasteiger partial charge in [0.2, 0.25) is 15.9 Å². The molecule has 2 rings (SSSR count). The molecule has 0 aliphatic carbocycles. The molecule has 2 aromatic carbocycles. The number of hydrogen-bond acceptors (Lipinski definition) is 4. The maximum Gasteiger partial charge on any atom is 0.241 e. The predicted molar refractivity (Wildman–Crippen MR) is 97.2 cm³/mol. The first-order valence-electron chi connectivity index (χ1n) is 7.89. The molecule has 2 aromatic rings. The topological polar surface area (TPSA) is 84.5 Å². The summed E-state index contributed by atoms with van der Waals surface area (Å²) in [5, 5.41) is 2.64. The van der Waals surface area contributed by atoms with E-state index in [4.69, 9.17) is 4.74 Å². The van der Waals surface area contributed by atoms with Crippen LogP contribution in [-0.2, 0) is 14.8 Å². The molecule has 0 aliphatic heterocycles. The number of aryl methyl sites for hydroxylation is 1. The predicted octanol–water partition coefficient (Wildman–Crippen LogP) is 2.70. The number of hydrogen-bond donors (Lipinski definition) is 2. The SMILES string of the molecule is Cc1cccc(S(=O)(=O)NCC(=O)Nc2ccc(OC(C)C)cc2)c1. The van der Waals surface area contributed by atoms with Crippen LogP contribution in [0, 0.1) is 6.92 Å². The molecule has 2 N–H and O–H groups in total. The van der Waals surface area contributed by atoms with E-state index in [9.17, 15) is 13.2 Å². The molecule has 0 saturated heterocycles. The normalized spacial score (nSPS) is 11.4. The number of carbonyl (C=O) groups is 1. The van der Waals surface area contributed by atoms with Gasteiger partial charge < -0.3 is 10.1 Å². The van der Waals surface area contributed by atoms with Crippen LogP contribution in [0.3, 0.4) is 0 Å². The zero-order valence-corrected chi connectivity index (χ0v) is 15.3. The Morgan fingerprint density at radius 3 is 2.40 bits per heavy atom. The van der Waals surface area contributed by atoms with Crippen molar-refractivity contribution in [2.24, 2.45) is 0 Å². The first kappa shape index (κ1) is 19.0. The van der Waals surface area contributed by atoms with Crippen molar-refractivity contribution in [3.63, 3.8) is 0 Å². The Bertz CT molecular complexity index is 830. The summed E-state index contributed by atoms with van der Waals surface area (Å²) in [6.07, 6.45) is 0.0662. The Morgan fingerprint density at radius 2 is 1.80 bits per heavy atom. The van der Waals surface area contributed by atoms with Crippen LogP contribution in [0.4, 0.5) is 5.69 Å². The van der Waals surface area contributed by atoms with E-state index in [-0.39, 0.29) is 17.5 Å². The Balaban J connectivity index is 1.92. The third-order valence-corrected chi connectivity index (χ3v) is 4.63. The summed E-state index contributed by atoms with van der Waals surface area (Å²) in [5.74, 6) is 0.252. The number of amides is 1. The Labute approximate surface area is 148 Å². The quantitative estimate of drug-likeness (QED) is 0.793. The first-order chi connectivity index (χ1) is 11.8. The zero-order valence-electron chi connectivity index (χ0n) is 14.4. The fourth-order valence-electron chi connectivity index (χ4n) is 2.12. The molecule has 0 heterocycles. The van der Waals surface area contributed by atoms with Crippen molar-refractivity contribution in [2.75, 3.05) is 11.9 Å². The monoisotopic (exact) mass is 362 g/mol. The lowest BCUT2D eigenvalue weighted by Gasteiger charge is -2.11. The number of nitrogens with one attached hydrogen (secondary N) is 2. The highest BCUT2D eigenvalue weighted by Gasteiger charge is 2.15. The van der Waals surface area contributed by atoms with Crippen molar-refractivity contribution in [1.82, 2.24) is 4.72 Å². The van der Waals surface area contributed by atoms with E-state index < -0.39 is 15.9 Å². The molecule has 0 saturated carbocycles. The van der Waals surface area contributed by atoms with E-state index >= 15 is 0 Å². The van der Waals surface area contributed by atoms with E-state index in [2.05, 4.69) is 10.0 Å². The minimum Gasteiger partial charge on any atom is -0.491 e. The smallest absolute Gasteiger partial charge is 0.241 e. The Kier molecular flexibility index (Phi) is 6.17. The molecule has 0 unspecified atom stereocenters. The first-order valence-corrected chi connectivity index (χ1v) is 9.37. The molecule has 134 valence electrons. The van der Waals surface area contributed by atoms with Crippen molar-refractivity contribution >= 4 is 21.6 Å². The van der Waals surface area contributed by atoms with Crippen LogP contribution in [0.1, 0.15) is 19.4 Å². The highest BCUT2D eigenvalue weighted by molar-refractivity contribution is 7.89. The molecular weight excluding hydrogens is 340 g/mol. The molecule has 0 aromatic heterocycles. The summed E-state index contributed by atoms with van der Waals surface area (Å²) in [7, 11) is -3.72. The maximum atomic E-state index is 12.2. The molecular formula is C18H22N2O4S. The highest BCUT2D eigenvalue weighted by Crippen LogP contribution is 2.17. The van der Waals surface area contributed by atoms with Gasteiger partial charge in [-0.25, -0.2) is 13.1 Å². The molecule has 0 bridgehead atoms. The maximum absolute atomic E-state index is 12.2. The lowest BCUT2D eigenvalue weighted by atomic mass is 10.2. The number of sulfonamides is 1. The Hall–Kier alpha value is -2.38. The molecule has 0 radical (unpaired) electrons. The number of anilines is 1. The standard InChI is InChI=1S/C18H22N2O4S/c1-13(2)24-16-9-7-15(8-10-16)20-18(21)12-19-25(22,23)17-6-4-5-14(3)11-17/h4-11,13,19H,12H2,1-3H3,(H,20,21). The van der Waals surface area contributed by atoms with E-state index in [0.29, 0.717) is 11.4 Å². The summed E-state index contributed by atoms with van der Waals surface area (Å²) in [4.78, 5) is 12.1. The van der Waals surface area contributed by atoms with Crippen LogP contribution < -0.4 is 14.8 Å². The zero-order chi connectivity index (χ0) is 18.4. The van der Waals surface area contributed by atoms with Crippen molar-refractivity contribution in [3.05, 3.63) is 54.1 Å². The highest BCUT2D eigenvalue weighted by atomic mass is 32.2. The van der Waals surface area contributed by atoms with Gasteiger partial charge >= 0.3 is 0 Å². The second kappa shape index (κ2) is 8.13. The van der Waals surface area contributed by atoms with Crippen LogP contribution >= 0.6 is 0 Å². The van der Waals surface area contributed by atoms with Gasteiger partial charge in [0.1, 0.15) is 5.75 Å². The van der Waals surface area contributed by atoms with E-state index in [1.165, 1.54) is 6.07 Å². The van der Waals surface area contributed by atoms with Gasteiger partial charge in [-0.3, -0.25) is 4.79 Å². The molecule has 0 aliphatic rings. The number of carbonyl (C=O) groups excluding carboxylic acids is 1. The minimum atomic E-state index is -3.72. The third kappa shape index (κ3) is 5.88. The average molecular weight is 362 g/mol. The molecule has 7 heteroatoms. The fraction of sp³-hybridized carbons (Fsp3) is 0.278. The van der Waals surface area contributed by atoms with Gasteiger partial charge in [0, 0.05) is 5.69 Å². The van der Waals surface area contributed by atoms with Crippen LogP contribution in [0.15, 0.2) is 53.4 Å². The van der Waals surface area contributed by atoms with Gasteiger partial charge in [-0.1, -0.05) is 12.1 Å². The summed E-state index contributed by atoms with van der Waals surface area (Å²) >= 11 is 0. The van der Waals surface area contributed by atoms with Crippen LogP contribution in [0.5, 0.6) is 5.75 Å². The van der Waals surface area contributed by atoms with Crippen LogP contribution in [-0.4, -0.2) is 27.0 Å². The fourth-order valence-corrected chi connectivity index (χ4v) is 3.21. The molecule has 6 nitrogen and oxygen atoms in total. The van der Waals surface area contributed by atoms with Gasteiger partial charge in [0.25, 0.3) is 0 Å². The summed E-state index contributed by atoms with van der Waals surface area (Å²) < 4.78 is 32.2. The van der Waals surface area contributed by atoms with E-state index in [0.717, 1.165) is 5.56 Å². The third-order valence-electron chi connectivity index (χ3n) is 3.23. The Morgan fingerprint density at radius 1 is 1.12 bits per heavy atom. The summed E-state index contributed by atoms with van der Waals surface area (Å²) in [6, 6.07) is 13.4. The van der Waals surface area contributed by atoms with Crippen molar-refractivity contribution < 1.29 is 17.9 Å². The van der Waals surface area contributed by atoms with E-state index in [1.54, 1.807) is 49.4 Å². The lowest BCUT2D eigenvalue weighted by molar-refractivity contribution is -0.115. The average Bonchev–Trinajstić information content (AvgIpc) is 2.54. The molecule has 1 amide bonds. The molecule has 0 fully saturated rings. The summed E-state index contributed by atoms with van der Waals surface area (Å²) in [6.45, 7) is 5.31. The molecule has 0 spiro atoms. The number of benzene rings is 2. The van der Waals surface area contributed by atoms with Gasteiger partial charge in [-0.05, 0) is 62.7 Å². The van der Waals surface area contributed by atoms with Gasteiger partial charge in [-0.15, -0.1) is 0 Å². The van der Waals surface area contributed by atoms with Crippen molar-refractivity contribution in [1.29, 1.82) is 0 Å². The van der Waals surface area contributed by atoms with Crippen molar-refractivity contribution in [3.8, 4) is 5.75 Å². The summed E-state index contributed by atoms with van der Waals surface area (Å²) in [5.41, 5.74) is 1.40. The van der Waals surface area contributed by atoms with Crippen LogP contribution in [0.2, 0.25) is 0 Å². The number of rotatable bonds is 7. The second-order valence-electron chi connectivity index (χ2n) is 5.88. The van der Waals surface area contributed by atoms with Gasteiger partial charge in [0.05, 0.1) is 17.5 Å². The van der Waals surface area contributed by atoms with Gasteiger partial charge in [0.15, 0.2) is 0 Å². The molecule has 0 atom stereocenters. The van der Waals surface area contributed by atoms with E-state index in [1.807, 2.05) is 13.8 Å². The van der Waals surface area contributed by atoms with Crippen molar-refractivity contribution in [2.45, 2.75) is 31.8 Å². The molecule has 25 heavy (non-hydrogen) atoms.